The second-order valence-corrected chi connectivity index (χ2v) is 6.40. The Labute approximate surface area is 157 Å². The second-order valence-electron chi connectivity index (χ2n) is 6.40. The van der Waals surface area contributed by atoms with Crippen molar-refractivity contribution in [3.05, 3.63) is 95.2 Å². The second kappa shape index (κ2) is 7.30. The van der Waals surface area contributed by atoms with Gasteiger partial charge >= 0.3 is 0 Å². The molecule has 4 aromatic rings. The SMILES string of the molecule is Cc1ccc(C(=O)Nc2ccccc2/C=C/c2n[nH]c3ccccc23)cc1. The van der Waals surface area contributed by atoms with Crippen molar-refractivity contribution in [2.75, 3.05) is 5.32 Å². The molecule has 0 saturated carbocycles. The molecule has 0 radical (unpaired) electrons. The Morgan fingerprint density at radius 1 is 0.926 bits per heavy atom. The summed E-state index contributed by atoms with van der Waals surface area (Å²) in [5.74, 6) is -0.124. The molecule has 0 bridgehead atoms. The van der Waals surface area contributed by atoms with E-state index in [9.17, 15) is 4.79 Å². The molecule has 4 heteroatoms. The summed E-state index contributed by atoms with van der Waals surface area (Å²) in [6.07, 6.45) is 3.92. The van der Waals surface area contributed by atoms with Gasteiger partial charge in [0.2, 0.25) is 0 Å². The molecule has 1 aromatic heterocycles. The van der Waals surface area contributed by atoms with E-state index in [1.165, 1.54) is 0 Å². The van der Waals surface area contributed by atoms with Gasteiger partial charge in [-0.1, -0.05) is 60.2 Å². The Balaban J connectivity index is 1.59. The van der Waals surface area contributed by atoms with E-state index >= 15 is 0 Å². The van der Waals surface area contributed by atoms with Crippen molar-refractivity contribution >= 4 is 34.6 Å². The van der Waals surface area contributed by atoms with Crippen LogP contribution >= 0.6 is 0 Å². The van der Waals surface area contributed by atoms with Crippen LogP contribution in [0.15, 0.2) is 72.8 Å². The molecule has 0 atom stereocenters. The summed E-state index contributed by atoms with van der Waals surface area (Å²) in [5, 5.41) is 11.4. The van der Waals surface area contributed by atoms with Crippen LogP contribution in [0.3, 0.4) is 0 Å². The zero-order chi connectivity index (χ0) is 18.6. The number of nitrogens with one attached hydrogen (secondary N) is 2. The molecule has 0 saturated heterocycles. The zero-order valence-corrected chi connectivity index (χ0v) is 14.9. The van der Waals surface area contributed by atoms with Crippen LogP contribution in [0.2, 0.25) is 0 Å². The highest BCUT2D eigenvalue weighted by molar-refractivity contribution is 6.05. The van der Waals surface area contributed by atoms with Crippen molar-refractivity contribution in [1.29, 1.82) is 0 Å². The molecular weight excluding hydrogens is 334 g/mol. The fourth-order valence-electron chi connectivity index (χ4n) is 2.94. The third kappa shape index (κ3) is 3.65. The van der Waals surface area contributed by atoms with Gasteiger partial charge in [0, 0.05) is 16.6 Å². The van der Waals surface area contributed by atoms with Gasteiger partial charge in [0.1, 0.15) is 0 Å². The zero-order valence-electron chi connectivity index (χ0n) is 14.9. The number of hydrogen-bond acceptors (Lipinski definition) is 2. The van der Waals surface area contributed by atoms with Crippen molar-refractivity contribution < 1.29 is 4.79 Å². The monoisotopic (exact) mass is 353 g/mol. The first kappa shape index (κ1) is 16.8. The van der Waals surface area contributed by atoms with Gasteiger partial charge in [-0.25, -0.2) is 0 Å². The standard InChI is InChI=1S/C23H19N3O/c1-16-10-12-18(13-11-16)23(27)24-20-8-4-2-6-17(20)14-15-22-19-7-3-5-9-21(19)25-26-22/h2-15H,1H3,(H,24,27)(H,25,26)/b15-14+. The van der Waals surface area contributed by atoms with Crippen LogP contribution in [-0.2, 0) is 0 Å². The van der Waals surface area contributed by atoms with Crippen LogP contribution < -0.4 is 5.32 Å². The lowest BCUT2D eigenvalue weighted by Gasteiger charge is -2.08. The average molecular weight is 353 g/mol. The van der Waals surface area contributed by atoms with Crippen LogP contribution in [0, 0.1) is 6.92 Å². The number of para-hydroxylation sites is 2. The van der Waals surface area contributed by atoms with Gasteiger partial charge in [0.25, 0.3) is 5.91 Å². The van der Waals surface area contributed by atoms with Gasteiger partial charge in [0.05, 0.1) is 11.2 Å². The van der Waals surface area contributed by atoms with Gasteiger partial charge in [0.15, 0.2) is 0 Å². The number of hydrogen-bond donors (Lipinski definition) is 2. The normalized spacial score (nSPS) is 11.1. The summed E-state index contributed by atoms with van der Waals surface area (Å²) in [4.78, 5) is 12.5. The highest BCUT2D eigenvalue weighted by Gasteiger charge is 2.08. The molecule has 4 rings (SSSR count). The maximum atomic E-state index is 12.5. The van der Waals surface area contributed by atoms with E-state index < -0.39 is 0 Å². The molecule has 2 N–H and O–H groups in total. The molecule has 0 fully saturated rings. The molecule has 4 nitrogen and oxygen atoms in total. The molecule has 1 heterocycles. The number of rotatable bonds is 4. The van der Waals surface area contributed by atoms with E-state index in [4.69, 9.17) is 0 Å². The van der Waals surface area contributed by atoms with Crippen LogP contribution in [-0.4, -0.2) is 16.1 Å². The smallest absolute Gasteiger partial charge is 0.255 e. The fourth-order valence-corrected chi connectivity index (χ4v) is 2.94. The van der Waals surface area contributed by atoms with Crippen LogP contribution in [0.5, 0.6) is 0 Å². The molecule has 0 aliphatic carbocycles. The number of fused-ring (bicyclic) bond motifs is 1. The Morgan fingerprint density at radius 2 is 1.67 bits per heavy atom. The van der Waals surface area contributed by atoms with E-state index in [0.29, 0.717) is 5.56 Å². The first-order valence-electron chi connectivity index (χ1n) is 8.79. The molecule has 3 aromatic carbocycles. The van der Waals surface area contributed by atoms with Crippen LogP contribution in [0.4, 0.5) is 5.69 Å². The molecule has 0 unspecified atom stereocenters. The van der Waals surface area contributed by atoms with E-state index in [2.05, 4.69) is 15.5 Å². The minimum atomic E-state index is -0.124. The molecule has 0 spiro atoms. The lowest BCUT2D eigenvalue weighted by atomic mass is 10.1. The van der Waals surface area contributed by atoms with Crippen LogP contribution in [0.1, 0.15) is 27.2 Å². The van der Waals surface area contributed by atoms with E-state index in [1.807, 2.05) is 91.9 Å². The Bertz CT molecular complexity index is 1120. The lowest BCUT2D eigenvalue weighted by molar-refractivity contribution is 0.102. The van der Waals surface area contributed by atoms with Crippen LogP contribution in [0.25, 0.3) is 23.1 Å². The Morgan fingerprint density at radius 3 is 2.52 bits per heavy atom. The largest absolute Gasteiger partial charge is 0.321 e. The highest BCUT2D eigenvalue weighted by Crippen LogP contribution is 2.21. The van der Waals surface area contributed by atoms with Gasteiger partial charge in [-0.2, -0.15) is 5.10 Å². The number of aromatic amines is 1. The van der Waals surface area contributed by atoms with Crippen molar-refractivity contribution in [3.8, 4) is 0 Å². The number of aromatic nitrogens is 2. The minimum Gasteiger partial charge on any atom is -0.321 e. The summed E-state index contributed by atoms with van der Waals surface area (Å²) < 4.78 is 0. The highest BCUT2D eigenvalue weighted by atomic mass is 16.1. The van der Waals surface area contributed by atoms with E-state index in [-0.39, 0.29) is 5.91 Å². The maximum Gasteiger partial charge on any atom is 0.255 e. The predicted molar refractivity (Wildman–Crippen MR) is 111 cm³/mol. The number of carbonyl (C=O) groups excluding carboxylic acids is 1. The van der Waals surface area contributed by atoms with Crippen molar-refractivity contribution in [3.63, 3.8) is 0 Å². The molecule has 0 aliphatic heterocycles. The average Bonchev–Trinajstić information content (AvgIpc) is 3.11. The molecule has 27 heavy (non-hydrogen) atoms. The first-order chi connectivity index (χ1) is 13.2. The number of carbonyl (C=O) groups is 1. The lowest BCUT2D eigenvalue weighted by Crippen LogP contribution is -2.12. The topological polar surface area (TPSA) is 57.8 Å². The van der Waals surface area contributed by atoms with E-state index in [0.717, 1.165) is 33.4 Å². The molecule has 0 aliphatic rings. The number of benzene rings is 3. The summed E-state index contributed by atoms with van der Waals surface area (Å²) in [6, 6.07) is 23.2. The fraction of sp³-hybridized carbons (Fsp3) is 0.0435. The van der Waals surface area contributed by atoms with Gasteiger partial charge in [-0.15, -0.1) is 0 Å². The Kier molecular flexibility index (Phi) is 4.54. The molecule has 132 valence electrons. The predicted octanol–water partition coefficient (Wildman–Crippen LogP) is 5.29. The summed E-state index contributed by atoms with van der Waals surface area (Å²) in [7, 11) is 0. The first-order valence-corrected chi connectivity index (χ1v) is 8.79. The third-order valence-electron chi connectivity index (χ3n) is 4.44. The summed E-state index contributed by atoms with van der Waals surface area (Å²) >= 11 is 0. The summed E-state index contributed by atoms with van der Waals surface area (Å²) in [5.41, 5.74) is 5.31. The number of aryl methyl sites for hydroxylation is 1. The number of amides is 1. The van der Waals surface area contributed by atoms with Gasteiger partial charge in [-0.3, -0.25) is 9.89 Å². The van der Waals surface area contributed by atoms with Crippen molar-refractivity contribution in [1.82, 2.24) is 10.2 Å². The number of anilines is 1. The quantitative estimate of drug-likeness (QED) is 0.523. The number of H-pyrrole nitrogens is 1. The number of nitrogens with zero attached hydrogens (tertiary/aromatic N) is 1. The van der Waals surface area contributed by atoms with Gasteiger partial charge in [-0.05, 0) is 42.8 Å². The Hall–Kier alpha value is -3.66. The minimum absolute atomic E-state index is 0.124. The van der Waals surface area contributed by atoms with E-state index in [1.54, 1.807) is 0 Å². The molecular formula is C23H19N3O. The third-order valence-corrected chi connectivity index (χ3v) is 4.44. The maximum absolute atomic E-state index is 12.5. The van der Waals surface area contributed by atoms with Gasteiger partial charge < -0.3 is 5.32 Å². The van der Waals surface area contributed by atoms with Crippen molar-refractivity contribution in [2.24, 2.45) is 0 Å². The summed E-state index contributed by atoms with van der Waals surface area (Å²) in [6.45, 7) is 2.00. The van der Waals surface area contributed by atoms with Crippen molar-refractivity contribution in [2.45, 2.75) is 6.92 Å². The molecule has 1 amide bonds.